The van der Waals surface area contributed by atoms with Crippen LogP contribution in [0.4, 0.5) is 0 Å². The molecule has 1 aliphatic rings. The third-order valence-electron chi connectivity index (χ3n) is 4.75. The Morgan fingerprint density at radius 3 is 2.50 bits per heavy atom. The number of likely N-dealkylation sites (tertiary alicyclic amines) is 1. The second-order valence-corrected chi connectivity index (χ2v) is 6.99. The van der Waals surface area contributed by atoms with E-state index in [9.17, 15) is 9.90 Å². The molecule has 1 N–H and O–H groups in total. The molecular formula is C19H23ClN2O2. The van der Waals surface area contributed by atoms with Crippen molar-refractivity contribution in [2.75, 3.05) is 19.6 Å². The van der Waals surface area contributed by atoms with Crippen molar-refractivity contribution in [3.05, 3.63) is 46.6 Å². The van der Waals surface area contributed by atoms with Crippen LogP contribution in [0.3, 0.4) is 0 Å². The Morgan fingerprint density at radius 1 is 1.25 bits per heavy atom. The minimum atomic E-state index is -0.217. The number of piperidine rings is 1. The number of carbonyl (C=O) groups excluding carboxylic acids is 1. The summed E-state index contributed by atoms with van der Waals surface area (Å²) in [5.74, 6) is 0.122. The number of hydrogen-bond donors (Lipinski definition) is 1. The molecular weight excluding hydrogens is 324 g/mol. The van der Waals surface area contributed by atoms with Crippen LogP contribution in [0.25, 0.3) is 11.3 Å². The topological polar surface area (TPSA) is 45.5 Å². The van der Waals surface area contributed by atoms with Crippen molar-refractivity contribution in [2.45, 2.75) is 25.9 Å². The Morgan fingerprint density at radius 2 is 1.88 bits per heavy atom. The lowest BCUT2D eigenvalue weighted by Crippen LogP contribution is -2.39. The van der Waals surface area contributed by atoms with Crippen molar-refractivity contribution in [3.63, 3.8) is 0 Å². The van der Waals surface area contributed by atoms with Gasteiger partial charge >= 0.3 is 0 Å². The molecule has 0 unspecified atom stereocenters. The van der Waals surface area contributed by atoms with E-state index in [1.807, 2.05) is 48.9 Å². The van der Waals surface area contributed by atoms with E-state index in [2.05, 4.69) is 4.90 Å². The molecule has 0 amide bonds. The average molecular weight is 347 g/mol. The van der Waals surface area contributed by atoms with Gasteiger partial charge in [-0.05, 0) is 49.1 Å². The van der Waals surface area contributed by atoms with Crippen LogP contribution in [0.5, 0.6) is 0 Å². The van der Waals surface area contributed by atoms with Gasteiger partial charge in [0.05, 0.1) is 24.0 Å². The van der Waals surface area contributed by atoms with Crippen molar-refractivity contribution in [2.24, 2.45) is 7.05 Å². The summed E-state index contributed by atoms with van der Waals surface area (Å²) in [7, 11) is 1.93. The van der Waals surface area contributed by atoms with E-state index in [1.54, 1.807) is 0 Å². The molecule has 0 saturated carbocycles. The van der Waals surface area contributed by atoms with Crippen LogP contribution in [-0.4, -0.2) is 46.1 Å². The Kier molecular flexibility index (Phi) is 5.09. The lowest BCUT2D eigenvalue weighted by Gasteiger charge is -2.28. The van der Waals surface area contributed by atoms with Crippen molar-refractivity contribution >= 4 is 17.4 Å². The van der Waals surface area contributed by atoms with E-state index in [-0.39, 0.29) is 11.9 Å². The van der Waals surface area contributed by atoms with Gasteiger partial charge in [0.1, 0.15) is 0 Å². The number of nitrogens with zero attached hydrogens (tertiary/aromatic N) is 2. The van der Waals surface area contributed by atoms with Crippen LogP contribution >= 0.6 is 11.6 Å². The van der Waals surface area contributed by atoms with Crippen molar-refractivity contribution in [3.8, 4) is 11.3 Å². The predicted molar refractivity (Wildman–Crippen MR) is 96.6 cm³/mol. The van der Waals surface area contributed by atoms with Gasteiger partial charge in [-0.2, -0.15) is 0 Å². The summed E-state index contributed by atoms with van der Waals surface area (Å²) in [6.07, 6.45) is 1.27. The van der Waals surface area contributed by atoms with Gasteiger partial charge in [0.2, 0.25) is 0 Å². The first-order valence-corrected chi connectivity index (χ1v) is 8.69. The molecule has 1 aromatic heterocycles. The fourth-order valence-corrected chi connectivity index (χ4v) is 3.54. The monoisotopic (exact) mass is 346 g/mol. The molecule has 5 heteroatoms. The van der Waals surface area contributed by atoms with Gasteiger partial charge in [-0.25, -0.2) is 0 Å². The van der Waals surface area contributed by atoms with Gasteiger partial charge in [0.25, 0.3) is 0 Å². The molecule has 1 saturated heterocycles. The van der Waals surface area contributed by atoms with Gasteiger partial charge in [0, 0.05) is 25.2 Å². The molecule has 1 aromatic carbocycles. The second kappa shape index (κ2) is 7.09. The molecule has 0 atom stereocenters. The number of benzene rings is 1. The van der Waals surface area contributed by atoms with Crippen molar-refractivity contribution in [1.29, 1.82) is 0 Å². The zero-order chi connectivity index (χ0) is 17.3. The molecule has 2 aromatic rings. The Hall–Kier alpha value is -1.62. The maximum absolute atomic E-state index is 12.7. The van der Waals surface area contributed by atoms with E-state index >= 15 is 0 Å². The Balaban J connectivity index is 1.80. The van der Waals surface area contributed by atoms with Crippen molar-refractivity contribution in [1.82, 2.24) is 9.47 Å². The lowest BCUT2D eigenvalue weighted by molar-refractivity contribution is 0.0706. The number of hydrogen-bond acceptors (Lipinski definition) is 3. The average Bonchev–Trinajstić information content (AvgIpc) is 2.85. The highest BCUT2D eigenvalue weighted by atomic mass is 35.5. The molecule has 128 valence electrons. The molecule has 1 fully saturated rings. The Bertz CT molecular complexity index is 729. The summed E-state index contributed by atoms with van der Waals surface area (Å²) in [6.45, 7) is 3.99. The quantitative estimate of drug-likeness (QED) is 0.864. The van der Waals surface area contributed by atoms with E-state index in [0.29, 0.717) is 11.6 Å². The number of Topliss-reactive ketones (excluding diaryl/α,β-unsaturated/α-hetero) is 1. The number of aryl methyl sites for hydroxylation is 1. The third-order valence-corrected chi connectivity index (χ3v) is 5.00. The first-order chi connectivity index (χ1) is 11.5. The SMILES string of the molecule is Cc1cc(C(=O)CN2CCC(O)CC2)n(C)c1-c1ccc(Cl)cc1. The van der Waals surface area contributed by atoms with E-state index in [1.165, 1.54) is 0 Å². The van der Waals surface area contributed by atoms with Crippen LogP contribution in [0, 0.1) is 6.92 Å². The van der Waals surface area contributed by atoms with E-state index in [4.69, 9.17) is 11.6 Å². The molecule has 4 nitrogen and oxygen atoms in total. The van der Waals surface area contributed by atoms with Gasteiger partial charge in [-0.3, -0.25) is 9.69 Å². The van der Waals surface area contributed by atoms with Crippen LogP contribution in [0.2, 0.25) is 5.02 Å². The molecule has 0 aliphatic carbocycles. The summed E-state index contributed by atoms with van der Waals surface area (Å²) in [4.78, 5) is 14.8. The highest BCUT2D eigenvalue weighted by Gasteiger charge is 2.22. The molecule has 0 bridgehead atoms. The third kappa shape index (κ3) is 3.56. The summed E-state index contributed by atoms with van der Waals surface area (Å²) < 4.78 is 1.97. The van der Waals surface area contributed by atoms with Crippen molar-refractivity contribution < 1.29 is 9.90 Å². The smallest absolute Gasteiger partial charge is 0.193 e. The highest BCUT2D eigenvalue weighted by molar-refractivity contribution is 6.30. The minimum Gasteiger partial charge on any atom is -0.393 e. The van der Waals surface area contributed by atoms with E-state index < -0.39 is 0 Å². The summed E-state index contributed by atoms with van der Waals surface area (Å²) in [6, 6.07) is 9.65. The number of halogens is 1. The van der Waals surface area contributed by atoms with Gasteiger partial charge in [-0.1, -0.05) is 23.7 Å². The largest absolute Gasteiger partial charge is 0.393 e. The van der Waals surface area contributed by atoms with Crippen LogP contribution < -0.4 is 0 Å². The number of aliphatic hydroxyl groups excluding tert-OH is 1. The maximum atomic E-state index is 12.7. The van der Waals surface area contributed by atoms with Crippen LogP contribution in [0.15, 0.2) is 30.3 Å². The number of carbonyl (C=O) groups is 1. The molecule has 0 spiro atoms. The molecule has 24 heavy (non-hydrogen) atoms. The summed E-state index contributed by atoms with van der Waals surface area (Å²) >= 11 is 5.97. The molecule has 3 rings (SSSR count). The van der Waals surface area contributed by atoms with Crippen LogP contribution in [0.1, 0.15) is 28.9 Å². The van der Waals surface area contributed by atoms with Gasteiger partial charge in [-0.15, -0.1) is 0 Å². The fourth-order valence-electron chi connectivity index (χ4n) is 3.41. The maximum Gasteiger partial charge on any atom is 0.193 e. The predicted octanol–water partition coefficient (Wildman–Crippen LogP) is 3.29. The van der Waals surface area contributed by atoms with Gasteiger partial charge < -0.3 is 9.67 Å². The number of aliphatic hydroxyl groups is 1. The second-order valence-electron chi connectivity index (χ2n) is 6.56. The molecule has 2 heterocycles. The number of rotatable bonds is 4. The van der Waals surface area contributed by atoms with E-state index in [0.717, 1.165) is 48.4 Å². The highest BCUT2D eigenvalue weighted by Crippen LogP contribution is 2.28. The minimum absolute atomic E-state index is 0.122. The van der Waals surface area contributed by atoms with Gasteiger partial charge in [0.15, 0.2) is 5.78 Å². The first-order valence-electron chi connectivity index (χ1n) is 8.31. The number of aromatic nitrogens is 1. The first kappa shape index (κ1) is 17.2. The normalized spacial score (nSPS) is 16.5. The van der Waals surface area contributed by atoms with Crippen LogP contribution in [-0.2, 0) is 7.05 Å². The standard InChI is InChI=1S/C19H23ClN2O2/c1-13-11-17(18(24)12-22-9-7-16(23)8-10-22)21(2)19(13)14-3-5-15(20)6-4-14/h3-6,11,16,23H,7-10,12H2,1-2H3. The lowest BCUT2D eigenvalue weighted by atomic mass is 10.1. The summed E-state index contributed by atoms with van der Waals surface area (Å²) in [5, 5.41) is 10.3. The molecule has 0 radical (unpaired) electrons. The zero-order valence-corrected chi connectivity index (χ0v) is 14.9. The zero-order valence-electron chi connectivity index (χ0n) is 14.1. The number of ketones is 1. The fraction of sp³-hybridized carbons (Fsp3) is 0.421. The Labute approximate surface area is 147 Å². The molecule has 1 aliphatic heterocycles. The summed E-state index contributed by atoms with van der Waals surface area (Å²) in [5.41, 5.74) is 3.91.